The largest absolute Gasteiger partial charge is 0.264 e. The molecule has 0 unspecified atom stereocenters. The number of aryl methyl sites for hydroxylation is 1. The molecule has 0 saturated heterocycles. The molecule has 0 atom stereocenters. The van der Waals surface area contributed by atoms with Gasteiger partial charge < -0.3 is 0 Å². The molecule has 8 aromatic rings. The van der Waals surface area contributed by atoms with E-state index in [0.717, 1.165) is 27.9 Å². The minimum atomic E-state index is 0.959. The minimum absolute atomic E-state index is 0.959. The molecule has 0 aliphatic rings. The lowest BCUT2D eigenvalue weighted by atomic mass is 9.85. The van der Waals surface area contributed by atoms with Crippen LogP contribution in [0.2, 0.25) is 0 Å². The van der Waals surface area contributed by atoms with Crippen LogP contribution in [0, 0.1) is 6.92 Å². The molecule has 0 saturated carbocycles. The van der Waals surface area contributed by atoms with Crippen molar-refractivity contribution in [3.63, 3.8) is 0 Å². The maximum absolute atomic E-state index is 4.83. The van der Waals surface area contributed by atoms with Gasteiger partial charge in [0.25, 0.3) is 0 Å². The van der Waals surface area contributed by atoms with Crippen molar-refractivity contribution in [1.82, 2.24) is 9.97 Å². The van der Waals surface area contributed by atoms with E-state index in [0.29, 0.717) is 0 Å². The van der Waals surface area contributed by atoms with Gasteiger partial charge in [-0.2, -0.15) is 0 Å². The molecular weight excluding hydrogens is 520 g/mol. The average Bonchev–Trinajstić information content (AvgIpc) is 3.07. The van der Waals surface area contributed by atoms with Crippen molar-refractivity contribution in [2.75, 3.05) is 0 Å². The van der Waals surface area contributed by atoms with Crippen LogP contribution < -0.4 is 0 Å². The summed E-state index contributed by atoms with van der Waals surface area (Å²) < 4.78 is 0. The molecule has 0 fully saturated rings. The molecule has 0 bridgehead atoms. The van der Waals surface area contributed by atoms with Crippen molar-refractivity contribution >= 4 is 32.3 Å². The Balaban J connectivity index is 1.31. The van der Waals surface area contributed by atoms with E-state index in [9.17, 15) is 0 Å². The molecule has 6 aromatic carbocycles. The van der Waals surface area contributed by atoms with Gasteiger partial charge in [0.15, 0.2) is 0 Å². The van der Waals surface area contributed by atoms with Gasteiger partial charge in [-0.25, -0.2) is 0 Å². The summed E-state index contributed by atoms with van der Waals surface area (Å²) in [7, 11) is 0. The van der Waals surface area contributed by atoms with Gasteiger partial charge in [0.2, 0.25) is 0 Å². The molecule has 0 N–H and O–H groups in total. The molecule has 2 heterocycles. The van der Waals surface area contributed by atoms with Crippen molar-refractivity contribution in [3.8, 4) is 44.6 Å². The fraction of sp³-hybridized carbons (Fsp3) is 0.0244. The summed E-state index contributed by atoms with van der Waals surface area (Å²) in [5, 5.41) is 7.54. The van der Waals surface area contributed by atoms with Crippen LogP contribution in [0.15, 0.2) is 152 Å². The molecule has 0 amide bonds. The molecule has 0 radical (unpaired) electrons. The highest BCUT2D eigenvalue weighted by atomic mass is 14.7. The van der Waals surface area contributed by atoms with Gasteiger partial charge in [-0.15, -0.1) is 0 Å². The van der Waals surface area contributed by atoms with E-state index >= 15 is 0 Å². The second kappa shape index (κ2) is 10.3. The van der Waals surface area contributed by atoms with Crippen LogP contribution >= 0.6 is 0 Å². The smallest absolute Gasteiger partial charge is 0.0706 e. The number of aromatic nitrogens is 2. The van der Waals surface area contributed by atoms with E-state index in [-0.39, 0.29) is 0 Å². The Labute approximate surface area is 251 Å². The predicted molar refractivity (Wildman–Crippen MR) is 181 cm³/mol. The molecule has 8 rings (SSSR count). The van der Waals surface area contributed by atoms with E-state index in [4.69, 9.17) is 4.98 Å². The first-order chi connectivity index (χ1) is 21.2. The van der Waals surface area contributed by atoms with Crippen molar-refractivity contribution in [2.24, 2.45) is 0 Å². The Bertz CT molecular complexity index is 2240. The van der Waals surface area contributed by atoms with Gasteiger partial charge >= 0.3 is 0 Å². The molecule has 2 aromatic heterocycles. The van der Waals surface area contributed by atoms with Gasteiger partial charge in [0.05, 0.1) is 5.69 Å². The molecule has 2 nitrogen and oxygen atoms in total. The molecular formula is C41H28N2. The summed E-state index contributed by atoms with van der Waals surface area (Å²) in [5.74, 6) is 0. The predicted octanol–water partition coefficient (Wildman–Crippen LogP) is 10.9. The Hall–Kier alpha value is -5.60. The summed E-state index contributed by atoms with van der Waals surface area (Å²) >= 11 is 0. The Morgan fingerprint density at radius 3 is 1.70 bits per heavy atom. The topological polar surface area (TPSA) is 25.8 Å². The monoisotopic (exact) mass is 548 g/mol. The maximum atomic E-state index is 4.83. The maximum Gasteiger partial charge on any atom is 0.0706 e. The van der Waals surface area contributed by atoms with Crippen LogP contribution in [0.25, 0.3) is 77.0 Å². The highest BCUT2D eigenvalue weighted by molar-refractivity contribution is 6.21. The summed E-state index contributed by atoms with van der Waals surface area (Å²) in [4.78, 5) is 9.05. The van der Waals surface area contributed by atoms with Gasteiger partial charge in [0.1, 0.15) is 0 Å². The summed E-state index contributed by atoms with van der Waals surface area (Å²) in [5.41, 5.74) is 10.4. The molecule has 0 aliphatic heterocycles. The summed E-state index contributed by atoms with van der Waals surface area (Å²) in [6.07, 6.45) is 5.68. The second-order valence-electron chi connectivity index (χ2n) is 11.1. The Morgan fingerprint density at radius 2 is 1.05 bits per heavy atom. The molecule has 0 aliphatic carbocycles. The summed E-state index contributed by atoms with van der Waals surface area (Å²) in [6.45, 7) is 2.07. The second-order valence-corrected chi connectivity index (χ2v) is 11.1. The van der Waals surface area contributed by atoms with Crippen LogP contribution in [0.1, 0.15) is 5.56 Å². The van der Waals surface area contributed by atoms with Gasteiger partial charge in [-0.3, -0.25) is 9.97 Å². The highest BCUT2D eigenvalue weighted by Crippen LogP contribution is 2.44. The van der Waals surface area contributed by atoms with Crippen LogP contribution in [0.4, 0.5) is 0 Å². The zero-order chi connectivity index (χ0) is 28.8. The normalized spacial score (nSPS) is 11.4. The molecule has 2 heteroatoms. The van der Waals surface area contributed by atoms with E-state index in [1.54, 1.807) is 0 Å². The van der Waals surface area contributed by atoms with E-state index in [1.165, 1.54) is 54.6 Å². The third-order valence-electron chi connectivity index (χ3n) is 8.51. The van der Waals surface area contributed by atoms with E-state index in [1.807, 2.05) is 24.7 Å². The lowest BCUT2D eigenvalue weighted by Crippen LogP contribution is -1.92. The zero-order valence-corrected chi connectivity index (χ0v) is 23.8. The van der Waals surface area contributed by atoms with Crippen molar-refractivity contribution < 1.29 is 0 Å². The highest BCUT2D eigenvalue weighted by Gasteiger charge is 2.17. The standard InChI is InChI=1S/C41H28N2/c1-27-25-42-22-21-34(27)39-20-19-33(26-43-39)30-11-8-12-31(24-30)40-35-13-4-6-15-37(35)41(38-16-7-5-14-36(38)40)32-18-17-28-9-2-3-10-29(28)23-32/h2-26H,1H3. The Kier molecular flexibility index (Phi) is 6.05. The lowest BCUT2D eigenvalue weighted by molar-refractivity contribution is 1.24. The first kappa shape index (κ1) is 25.1. The molecule has 202 valence electrons. The number of rotatable bonds is 4. The van der Waals surface area contributed by atoms with Crippen LogP contribution in [-0.2, 0) is 0 Å². The average molecular weight is 549 g/mol. The SMILES string of the molecule is Cc1cnccc1-c1ccc(-c2cccc(-c3c4ccccc4c(-c4ccc5ccccc5c4)c4ccccc34)c2)cn1. The number of benzene rings is 6. The number of hydrogen-bond donors (Lipinski definition) is 0. The summed E-state index contributed by atoms with van der Waals surface area (Å²) in [6, 6.07) is 48.2. The van der Waals surface area contributed by atoms with E-state index < -0.39 is 0 Å². The lowest BCUT2D eigenvalue weighted by Gasteiger charge is -2.18. The van der Waals surface area contributed by atoms with Crippen LogP contribution in [0.3, 0.4) is 0 Å². The van der Waals surface area contributed by atoms with Gasteiger partial charge in [-0.05, 0) is 96.9 Å². The fourth-order valence-electron chi connectivity index (χ4n) is 6.43. The molecule has 43 heavy (non-hydrogen) atoms. The van der Waals surface area contributed by atoms with Crippen molar-refractivity contribution in [3.05, 3.63) is 158 Å². The third kappa shape index (κ3) is 4.36. The van der Waals surface area contributed by atoms with Crippen molar-refractivity contribution in [1.29, 1.82) is 0 Å². The van der Waals surface area contributed by atoms with E-state index in [2.05, 4.69) is 139 Å². The fourth-order valence-corrected chi connectivity index (χ4v) is 6.43. The number of fused-ring (bicyclic) bond motifs is 3. The Morgan fingerprint density at radius 1 is 0.442 bits per heavy atom. The number of hydrogen-bond acceptors (Lipinski definition) is 2. The van der Waals surface area contributed by atoms with Crippen LogP contribution in [-0.4, -0.2) is 9.97 Å². The number of nitrogens with zero attached hydrogens (tertiary/aromatic N) is 2. The third-order valence-corrected chi connectivity index (χ3v) is 8.51. The minimum Gasteiger partial charge on any atom is -0.264 e. The first-order valence-electron chi connectivity index (χ1n) is 14.6. The van der Waals surface area contributed by atoms with Gasteiger partial charge in [-0.1, -0.05) is 109 Å². The van der Waals surface area contributed by atoms with Gasteiger partial charge in [0, 0.05) is 29.7 Å². The van der Waals surface area contributed by atoms with Crippen molar-refractivity contribution in [2.45, 2.75) is 6.92 Å². The molecule has 0 spiro atoms. The number of pyridine rings is 2. The quantitative estimate of drug-likeness (QED) is 0.204. The first-order valence-corrected chi connectivity index (χ1v) is 14.6. The van der Waals surface area contributed by atoms with Crippen LogP contribution in [0.5, 0.6) is 0 Å². The zero-order valence-electron chi connectivity index (χ0n) is 23.8.